The molecule has 23 heavy (non-hydrogen) atoms. The van der Waals surface area contributed by atoms with Crippen LogP contribution >= 0.6 is 0 Å². The quantitative estimate of drug-likeness (QED) is 0.783. The van der Waals surface area contributed by atoms with Crippen LogP contribution in [0.3, 0.4) is 0 Å². The number of primary sulfonamides is 1. The van der Waals surface area contributed by atoms with Crippen LogP contribution in [0.15, 0.2) is 0 Å². The van der Waals surface area contributed by atoms with Gasteiger partial charge < -0.3 is 15.0 Å². The zero-order valence-corrected chi connectivity index (χ0v) is 15.2. The third-order valence-electron chi connectivity index (χ3n) is 5.44. The predicted molar refractivity (Wildman–Crippen MR) is 88.3 cm³/mol. The van der Waals surface area contributed by atoms with E-state index in [2.05, 4.69) is 26.1 Å². The van der Waals surface area contributed by atoms with Gasteiger partial charge in [0.2, 0.25) is 10.0 Å². The van der Waals surface area contributed by atoms with Gasteiger partial charge in [-0.3, -0.25) is 0 Å². The molecule has 1 heterocycles. The van der Waals surface area contributed by atoms with Crippen LogP contribution in [0.4, 0.5) is 4.79 Å². The Balaban J connectivity index is 1.84. The van der Waals surface area contributed by atoms with Crippen molar-refractivity contribution in [3.05, 3.63) is 0 Å². The second-order valence-electron chi connectivity index (χ2n) is 7.52. The molecule has 8 heteroatoms. The van der Waals surface area contributed by atoms with Gasteiger partial charge in [0, 0.05) is 37.6 Å². The van der Waals surface area contributed by atoms with E-state index in [1.54, 1.807) is 12.0 Å². The molecule has 0 bridgehead atoms. The molecule has 3 atom stereocenters. The number of ether oxygens (including phenoxy) is 1. The number of sulfonamides is 1. The summed E-state index contributed by atoms with van der Waals surface area (Å²) in [6.07, 6.45) is 1.50. The number of hydrogen-bond donors (Lipinski definition) is 2. The lowest BCUT2D eigenvalue weighted by Gasteiger charge is -2.56. The summed E-state index contributed by atoms with van der Waals surface area (Å²) in [5, 5.41) is 8.21. The molecule has 0 aromatic rings. The zero-order chi connectivity index (χ0) is 17.4. The molecule has 0 radical (unpaired) electrons. The van der Waals surface area contributed by atoms with Crippen LogP contribution in [0.5, 0.6) is 0 Å². The molecule has 0 unspecified atom stereocenters. The molecule has 1 aliphatic carbocycles. The Morgan fingerprint density at radius 3 is 2.35 bits per heavy atom. The fourth-order valence-corrected chi connectivity index (χ4v) is 5.27. The first-order valence-electron chi connectivity index (χ1n) is 8.15. The van der Waals surface area contributed by atoms with E-state index in [0.29, 0.717) is 25.9 Å². The van der Waals surface area contributed by atoms with Gasteiger partial charge in [-0.15, -0.1) is 0 Å². The summed E-state index contributed by atoms with van der Waals surface area (Å²) in [5.41, 5.74) is -0.0875. The van der Waals surface area contributed by atoms with Crippen LogP contribution in [0.2, 0.25) is 0 Å². The van der Waals surface area contributed by atoms with E-state index in [-0.39, 0.29) is 41.2 Å². The minimum atomic E-state index is -3.44. The summed E-state index contributed by atoms with van der Waals surface area (Å²) in [6.45, 7) is 7.43. The summed E-state index contributed by atoms with van der Waals surface area (Å²) in [4.78, 5) is 14.2. The number of carbonyl (C=O) groups excluding carboxylic acids is 1. The van der Waals surface area contributed by atoms with Crippen molar-refractivity contribution < 1.29 is 17.9 Å². The zero-order valence-electron chi connectivity index (χ0n) is 14.4. The summed E-state index contributed by atoms with van der Waals surface area (Å²) in [7, 11) is -1.73. The van der Waals surface area contributed by atoms with Crippen LogP contribution in [-0.4, -0.2) is 57.4 Å². The maximum absolute atomic E-state index is 12.5. The highest BCUT2D eigenvalue weighted by Gasteiger charge is 2.55. The Bertz CT molecular complexity index is 541. The van der Waals surface area contributed by atoms with Gasteiger partial charge in [0.05, 0.1) is 11.9 Å². The highest BCUT2D eigenvalue weighted by Crippen LogP contribution is 2.46. The molecule has 3 N–H and O–H groups in total. The van der Waals surface area contributed by atoms with Gasteiger partial charge in [0.25, 0.3) is 0 Å². The largest absolute Gasteiger partial charge is 0.380 e. The fourth-order valence-electron chi connectivity index (χ4n) is 4.28. The predicted octanol–water partition coefficient (Wildman–Crippen LogP) is 0.756. The first kappa shape index (κ1) is 18.5. The monoisotopic (exact) mass is 347 g/mol. The van der Waals surface area contributed by atoms with E-state index < -0.39 is 10.0 Å². The number of urea groups is 1. The highest BCUT2D eigenvalue weighted by atomic mass is 32.2. The van der Waals surface area contributed by atoms with Crippen molar-refractivity contribution in [3.63, 3.8) is 0 Å². The number of nitrogens with zero attached hydrogens (tertiary/aromatic N) is 1. The molecule has 1 saturated carbocycles. The van der Waals surface area contributed by atoms with Gasteiger partial charge in [-0.25, -0.2) is 18.4 Å². The lowest BCUT2D eigenvalue weighted by Crippen LogP contribution is -2.69. The number of carbonyl (C=O) groups is 1. The summed E-state index contributed by atoms with van der Waals surface area (Å²) in [5.74, 6) is 0.329. The van der Waals surface area contributed by atoms with Crippen LogP contribution in [-0.2, 0) is 14.8 Å². The minimum Gasteiger partial charge on any atom is -0.380 e. The second-order valence-corrected chi connectivity index (χ2v) is 9.18. The third kappa shape index (κ3) is 3.97. The van der Waals surface area contributed by atoms with E-state index >= 15 is 0 Å². The molecule has 7 nitrogen and oxygen atoms in total. The van der Waals surface area contributed by atoms with E-state index in [9.17, 15) is 13.2 Å². The molecular formula is C15H29N3O4S. The average Bonchev–Trinajstić information content (AvgIpc) is 2.43. The molecule has 2 aliphatic rings. The van der Waals surface area contributed by atoms with Crippen molar-refractivity contribution in [3.8, 4) is 0 Å². The number of methoxy groups -OCH3 is 1. The molecule has 2 amide bonds. The summed E-state index contributed by atoms with van der Waals surface area (Å²) >= 11 is 0. The molecule has 1 aliphatic heterocycles. The first-order chi connectivity index (χ1) is 10.6. The standard InChI is InChI=1S/C15H29N3O4S/c1-10-12(15(2,3)13(10)22-4)17-14(19)18-7-5-11(6-8-18)9-23(16,20)21/h10-13H,5-9H2,1-4H3,(H,17,19)(H2,16,20,21)/t10-,12+,13+/m0/s1. The van der Waals surface area contributed by atoms with Gasteiger partial charge in [0.1, 0.15) is 0 Å². The van der Waals surface area contributed by atoms with Crippen LogP contribution < -0.4 is 10.5 Å². The summed E-state index contributed by atoms with van der Waals surface area (Å²) in [6, 6.07) is 0.0145. The number of likely N-dealkylation sites (tertiary alicyclic amines) is 1. The van der Waals surface area contributed by atoms with E-state index in [1.807, 2.05) is 0 Å². The molecule has 1 saturated heterocycles. The Kier molecular flexibility index (Phi) is 5.27. The number of piperidine rings is 1. The lowest BCUT2D eigenvalue weighted by molar-refractivity contribution is -0.141. The van der Waals surface area contributed by atoms with E-state index in [1.165, 1.54) is 0 Å². The van der Waals surface area contributed by atoms with Gasteiger partial charge in [0.15, 0.2) is 0 Å². The van der Waals surface area contributed by atoms with Gasteiger partial charge in [-0.1, -0.05) is 20.8 Å². The molecule has 0 aromatic carbocycles. The van der Waals surface area contributed by atoms with Gasteiger partial charge >= 0.3 is 6.03 Å². The van der Waals surface area contributed by atoms with E-state index in [0.717, 1.165) is 0 Å². The highest BCUT2D eigenvalue weighted by molar-refractivity contribution is 7.89. The van der Waals surface area contributed by atoms with Crippen LogP contribution in [0.25, 0.3) is 0 Å². The number of amides is 2. The van der Waals surface area contributed by atoms with Gasteiger partial charge in [-0.2, -0.15) is 0 Å². The molecule has 0 aromatic heterocycles. The smallest absolute Gasteiger partial charge is 0.317 e. The van der Waals surface area contributed by atoms with Crippen molar-refractivity contribution in [2.75, 3.05) is 26.0 Å². The van der Waals surface area contributed by atoms with Crippen molar-refractivity contribution in [1.29, 1.82) is 0 Å². The number of nitrogens with one attached hydrogen (secondary N) is 1. The Labute approximate surface area is 139 Å². The molecule has 2 rings (SSSR count). The molecular weight excluding hydrogens is 318 g/mol. The first-order valence-corrected chi connectivity index (χ1v) is 9.86. The minimum absolute atomic E-state index is 0.00463. The maximum atomic E-state index is 12.5. The van der Waals surface area contributed by atoms with E-state index in [4.69, 9.17) is 9.88 Å². The Morgan fingerprint density at radius 2 is 1.91 bits per heavy atom. The molecule has 2 fully saturated rings. The second kappa shape index (κ2) is 6.57. The molecule has 134 valence electrons. The van der Waals surface area contributed by atoms with Gasteiger partial charge in [-0.05, 0) is 18.8 Å². The number of rotatable bonds is 4. The number of nitrogens with two attached hydrogens (primary N) is 1. The SMILES string of the molecule is CO[C@@H]1[C@@H](C)[C@@H](NC(=O)N2CCC(CS(N)(=O)=O)CC2)C1(C)C. The van der Waals surface area contributed by atoms with Crippen molar-refractivity contribution in [1.82, 2.24) is 10.2 Å². The third-order valence-corrected chi connectivity index (χ3v) is 6.38. The normalized spacial score (nSPS) is 31.5. The molecule has 0 spiro atoms. The topological polar surface area (TPSA) is 102 Å². The fraction of sp³-hybridized carbons (Fsp3) is 0.933. The van der Waals surface area contributed by atoms with Crippen LogP contribution in [0.1, 0.15) is 33.6 Å². The van der Waals surface area contributed by atoms with Crippen molar-refractivity contribution in [2.45, 2.75) is 45.8 Å². The number of hydrogen-bond acceptors (Lipinski definition) is 4. The summed E-state index contributed by atoms with van der Waals surface area (Å²) < 4.78 is 27.8. The average molecular weight is 347 g/mol. The Morgan fingerprint density at radius 1 is 1.35 bits per heavy atom. The van der Waals surface area contributed by atoms with Crippen LogP contribution in [0, 0.1) is 17.3 Å². The maximum Gasteiger partial charge on any atom is 0.317 e. The Hall–Kier alpha value is -0.860. The van der Waals surface area contributed by atoms with Crippen molar-refractivity contribution >= 4 is 16.1 Å². The van der Waals surface area contributed by atoms with Crippen molar-refractivity contribution in [2.24, 2.45) is 22.4 Å². The lowest BCUT2D eigenvalue weighted by atomic mass is 9.58.